The highest BCUT2D eigenvalue weighted by atomic mass is 16.6. The molecular weight excluding hydrogens is 282 g/mol. The number of phenolic OH excluding ortho intramolecular Hbond substituents is 1. The highest BCUT2D eigenvalue weighted by molar-refractivity contribution is 5.48. The molecule has 1 atom stereocenters. The molecule has 0 heterocycles. The number of hydrogen-bond acceptors (Lipinski definition) is 5. The number of hydrogen-bond donors (Lipinski definition) is 2. The highest BCUT2D eigenvalue weighted by Gasteiger charge is 2.22. The zero-order valence-electron chi connectivity index (χ0n) is 13.5. The van der Waals surface area contributed by atoms with E-state index in [2.05, 4.69) is 18.7 Å². The maximum absolute atomic E-state index is 11.0. The predicted octanol–water partition coefficient (Wildman–Crippen LogP) is 3.20. The van der Waals surface area contributed by atoms with Crippen molar-refractivity contribution in [2.45, 2.75) is 45.6 Å². The van der Waals surface area contributed by atoms with Gasteiger partial charge in [-0.05, 0) is 37.6 Å². The van der Waals surface area contributed by atoms with Crippen LogP contribution in [0.25, 0.3) is 0 Å². The second-order valence-electron chi connectivity index (χ2n) is 5.50. The normalized spacial score (nSPS) is 12.5. The highest BCUT2D eigenvalue weighted by Crippen LogP contribution is 2.31. The lowest BCUT2D eigenvalue weighted by Crippen LogP contribution is -2.35. The standard InChI is InChI=1S/C16H27N3O3/c1-3-5-9-18(10-6-4-2)15(12-17)13-7-8-16(20)14(11-13)19(21)22/h7-8,11,15,20H,3-6,9-10,12,17H2,1-2H3. The van der Waals surface area contributed by atoms with Gasteiger partial charge < -0.3 is 10.8 Å². The number of benzene rings is 1. The van der Waals surface area contributed by atoms with E-state index < -0.39 is 4.92 Å². The van der Waals surface area contributed by atoms with Gasteiger partial charge in [-0.25, -0.2) is 0 Å². The summed E-state index contributed by atoms with van der Waals surface area (Å²) in [6.45, 7) is 6.52. The van der Waals surface area contributed by atoms with Gasteiger partial charge in [-0.3, -0.25) is 15.0 Å². The Hall–Kier alpha value is -1.66. The maximum atomic E-state index is 11.0. The molecule has 0 bridgehead atoms. The summed E-state index contributed by atoms with van der Waals surface area (Å²) in [5.41, 5.74) is 6.47. The SMILES string of the molecule is CCCCN(CCCC)C(CN)c1ccc(O)c([N+](=O)[O-])c1. The zero-order chi connectivity index (χ0) is 16.5. The maximum Gasteiger partial charge on any atom is 0.311 e. The lowest BCUT2D eigenvalue weighted by Gasteiger charge is -2.31. The number of nitro groups is 1. The fourth-order valence-corrected chi connectivity index (χ4v) is 2.54. The van der Waals surface area contributed by atoms with Crippen LogP contribution in [0.5, 0.6) is 5.75 Å². The van der Waals surface area contributed by atoms with Crippen LogP contribution in [0.15, 0.2) is 18.2 Å². The summed E-state index contributed by atoms with van der Waals surface area (Å²) in [5, 5.41) is 20.6. The summed E-state index contributed by atoms with van der Waals surface area (Å²) in [5.74, 6) is -0.307. The van der Waals surface area contributed by atoms with E-state index in [9.17, 15) is 15.2 Å². The van der Waals surface area contributed by atoms with Crippen LogP contribution in [0.2, 0.25) is 0 Å². The number of aromatic hydroxyl groups is 1. The van der Waals surface area contributed by atoms with Crippen LogP contribution in [0.4, 0.5) is 5.69 Å². The molecule has 3 N–H and O–H groups in total. The molecule has 0 aliphatic heterocycles. The van der Waals surface area contributed by atoms with Crippen LogP contribution in [0, 0.1) is 10.1 Å². The minimum absolute atomic E-state index is 0.0580. The van der Waals surface area contributed by atoms with E-state index in [-0.39, 0.29) is 17.5 Å². The number of nitrogens with zero attached hydrogens (tertiary/aromatic N) is 2. The van der Waals surface area contributed by atoms with Crippen LogP contribution < -0.4 is 5.73 Å². The van der Waals surface area contributed by atoms with Gasteiger partial charge in [0.1, 0.15) is 0 Å². The first kappa shape index (κ1) is 18.4. The molecule has 0 radical (unpaired) electrons. The Morgan fingerprint density at radius 1 is 1.27 bits per heavy atom. The van der Waals surface area contributed by atoms with E-state index in [1.807, 2.05) is 0 Å². The number of phenols is 1. The van der Waals surface area contributed by atoms with Crippen molar-refractivity contribution in [3.63, 3.8) is 0 Å². The van der Waals surface area contributed by atoms with E-state index in [4.69, 9.17) is 5.73 Å². The Labute approximate surface area is 132 Å². The summed E-state index contributed by atoms with van der Waals surface area (Å²) >= 11 is 0. The fraction of sp³-hybridized carbons (Fsp3) is 0.625. The molecule has 6 heteroatoms. The summed E-state index contributed by atoms with van der Waals surface area (Å²) in [6, 6.07) is 4.49. The quantitative estimate of drug-likeness (QED) is 0.511. The molecule has 0 spiro atoms. The summed E-state index contributed by atoms with van der Waals surface area (Å²) in [7, 11) is 0. The van der Waals surface area contributed by atoms with Crippen molar-refractivity contribution in [1.82, 2.24) is 4.90 Å². The number of nitro benzene ring substituents is 1. The Balaban J connectivity index is 3.04. The van der Waals surface area contributed by atoms with Crippen LogP contribution in [0.3, 0.4) is 0 Å². The number of unbranched alkanes of at least 4 members (excludes halogenated alkanes) is 2. The Kier molecular flexibility index (Phi) is 7.84. The predicted molar refractivity (Wildman–Crippen MR) is 87.9 cm³/mol. The van der Waals surface area contributed by atoms with Gasteiger partial charge in [-0.15, -0.1) is 0 Å². The van der Waals surface area contributed by atoms with Gasteiger partial charge in [0.2, 0.25) is 0 Å². The number of nitrogens with two attached hydrogens (primary N) is 1. The van der Waals surface area contributed by atoms with E-state index >= 15 is 0 Å². The molecule has 0 saturated heterocycles. The molecule has 1 aromatic rings. The first-order valence-electron chi connectivity index (χ1n) is 7.96. The molecule has 0 aliphatic rings. The van der Waals surface area contributed by atoms with Crippen molar-refractivity contribution in [3.05, 3.63) is 33.9 Å². The molecule has 6 nitrogen and oxygen atoms in total. The molecule has 1 unspecified atom stereocenters. The van der Waals surface area contributed by atoms with Gasteiger partial charge in [0.25, 0.3) is 0 Å². The van der Waals surface area contributed by atoms with Crippen LogP contribution >= 0.6 is 0 Å². The average Bonchev–Trinajstić information content (AvgIpc) is 2.51. The lowest BCUT2D eigenvalue weighted by molar-refractivity contribution is -0.386. The third-order valence-corrected chi connectivity index (χ3v) is 3.84. The Morgan fingerprint density at radius 3 is 2.32 bits per heavy atom. The van der Waals surface area contributed by atoms with E-state index in [1.54, 1.807) is 6.07 Å². The minimum atomic E-state index is -0.561. The molecule has 22 heavy (non-hydrogen) atoms. The molecule has 0 saturated carbocycles. The largest absolute Gasteiger partial charge is 0.502 e. The van der Waals surface area contributed by atoms with Crippen molar-refractivity contribution in [3.8, 4) is 5.75 Å². The van der Waals surface area contributed by atoms with Crippen LogP contribution in [-0.4, -0.2) is 34.6 Å². The molecule has 0 aliphatic carbocycles. The zero-order valence-corrected chi connectivity index (χ0v) is 13.5. The Morgan fingerprint density at radius 2 is 1.86 bits per heavy atom. The van der Waals surface area contributed by atoms with E-state index in [1.165, 1.54) is 12.1 Å². The topological polar surface area (TPSA) is 92.6 Å². The van der Waals surface area contributed by atoms with Crippen molar-refractivity contribution >= 4 is 5.69 Å². The van der Waals surface area contributed by atoms with Crippen LogP contribution in [-0.2, 0) is 0 Å². The average molecular weight is 309 g/mol. The summed E-state index contributed by atoms with van der Waals surface area (Å²) in [4.78, 5) is 12.7. The van der Waals surface area contributed by atoms with Crippen molar-refractivity contribution < 1.29 is 10.0 Å². The fourth-order valence-electron chi connectivity index (χ4n) is 2.54. The first-order valence-corrected chi connectivity index (χ1v) is 7.96. The second kappa shape index (κ2) is 9.38. The van der Waals surface area contributed by atoms with Crippen molar-refractivity contribution in [2.24, 2.45) is 5.73 Å². The van der Waals surface area contributed by atoms with E-state index in [0.717, 1.165) is 44.3 Å². The van der Waals surface area contributed by atoms with Gasteiger partial charge in [-0.1, -0.05) is 32.8 Å². The second-order valence-corrected chi connectivity index (χ2v) is 5.50. The summed E-state index contributed by atoms with van der Waals surface area (Å²) < 4.78 is 0. The van der Waals surface area contributed by atoms with Crippen molar-refractivity contribution in [2.75, 3.05) is 19.6 Å². The van der Waals surface area contributed by atoms with Gasteiger partial charge >= 0.3 is 5.69 Å². The molecule has 124 valence electrons. The van der Waals surface area contributed by atoms with E-state index in [0.29, 0.717) is 6.54 Å². The summed E-state index contributed by atoms with van der Waals surface area (Å²) in [6.07, 6.45) is 4.33. The monoisotopic (exact) mass is 309 g/mol. The third kappa shape index (κ3) is 4.96. The molecule has 0 aromatic heterocycles. The molecule has 0 amide bonds. The number of rotatable bonds is 10. The minimum Gasteiger partial charge on any atom is -0.502 e. The molecule has 1 aromatic carbocycles. The van der Waals surface area contributed by atoms with Gasteiger partial charge in [-0.2, -0.15) is 0 Å². The van der Waals surface area contributed by atoms with Gasteiger partial charge in [0.05, 0.1) is 4.92 Å². The van der Waals surface area contributed by atoms with Gasteiger partial charge in [0.15, 0.2) is 5.75 Å². The molecule has 0 fully saturated rings. The molecule has 1 rings (SSSR count). The Bertz CT molecular complexity index is 472. The lowest BCUT2D eigenvalue weighted by atomic mass is 10.0. The molecular formula is C16H27N3O3. The first-order chi connectivity index (χ1) is 10.5. The van der Waals surface area contributed by atoms with Crippen LogP contribution in [0.1, 0.15) is 51.1 Å². The smallest absolute Gasteiger partial charge is 0.311 e. The third-order valence-electron chi connectivity index (χ3n) is 3.84. The van der Waals surface area contributed by atoms with Gasteiger partial charge in [0, 0.05) is 18.7 Å². The van der Waals surface area contributed by atoms with Crippen molar-refractivity contribution in [1.29, 1.82) is 0 Å².